The highest BCUT2D eigenvalue weighted by atomic mass is 16.6. The Balaban J connectivity index is 0.810. The second kappa shape index (κ2) is 28.8. The number of nitrogens with zero attached hydrogens (tertiary/aromatic N) is 7. The maximum atomic E-state index is 13.6. The summed E-state index contributed by atoms with van der Waals surface area (Å²) >= 11 is 0. The number of fused-ring (bicyclic) bond motifs is 4. The van der Waals surface area contributed by atoms with Crippen molar-refractivity contribution in [2.24, 2.45) is 9.98 Å². The van der Waals surface area contributed by atoms with E-state index in [0.29, 0.717) is 156 Å². The number of aromatic nitrogens is 3. The predicted molar refractivity (Wildman–Crippen MR) is 289 cm³/mol. The Morgan fingerprint density at radius 2 is 1.12 bits per heavy atom. The molecule has 414 valence electrons. The molecule has 0 radical (unpaired) electrons. The maximum Gasteiger partial charge on any atom is 0.260 e. The van der Waals surface area contributed by atoms with E-state index in [1.165, 1.54) is 14.2 Å². The zero-order valence-corrected chi connectivity index (χ0v) is 44.7. The van der Waals surface area contributed by atoms with Crippen LogP contribution in [0.3, 0.4) is 0 Å². The van der Waals surface area contributed by atoms with Gasteiger partial charge in [-0.25, -0.2) is 4.68 Å². The lowest BCUT2D eigenvalue weighted by molar-refractivity contribution is -0.121. The standard InChI is InChI=1S/C57H68N8O13/c1-6-7-8-55(66)58-9-11-71-13-15-73-17-19-75-21-22-76-20-18-74-16-14-72-12-10-63-36-50(61-62-63)43-26-41(37-77-53-30-48-46(28-51(53)69-4)56(67)64-34-39(2)23-44(64)32-59-48)25-42(27-43)38-78-54-31-49-47(29-52(54)70-5)57(68)65-35-40(3)24-45(65)33-60-49/h1,25-36,44-45H,7-24,37-38H2,2-5H3,(H,58,66)/t44-,45-/m0/s1. The molecule has 3 aromatic carbocycles. The van der Waals surface area contributed by atoms with Gasteiger partial charge < -0.3 is 62.5 Å². The quantitative estimate of drug-likeness (QED) is 0.0412. The van der Waals surface area contributed by atoms with Crippen LogP contribution in [0.1, 0.15) is 71.4 Å². The number of carbonyl (C=O) groups excluding carboxylic acids is 3. The third kappa shape index (κ3) is 15.6. The molecule has 1 aromatic heterocycles. The largest absolute Gasteiger partial charge is 0.493 e. The molecule has 0 saturated carbocycles. The molecule has 0 spiro atoms. The molecule has 0 saturated heterocycles. The molecule has 4 aromatic rings. The van der Waals surface area contributed by atoms with Crippen LogP contribution in [0.5, 0.6) is 23.0 Å². The summed E-state index contributed by atoms with van der Waals surface area (Å²) in [6.45, 7) is 10.2. The second-order valence-electron chi connectivity index (χ2n) is 18.7. The van der Waals surface area contributed by atoms with Gasteiger partial charge >= 0.3 is 0 Å². The van der Waals surface area contributed by atoms with Gasteiger partial charge in [-0.05, 0) is 68.1 Å². The van der Waals surface area contributed by atoms with Crippen molar-refractivity contribution in [1.29, 1.82) is 0 Å². The first-order valence-corrected chi connectivity index (χ1v) is 26.1. The Morgan fingerprint density at radius 1 is 0.641 bits per heavy atom. The molecule has 5 heterocycles. The highest BCUT2D eigenvalue weighted by molar-refractivity contribution is 6.05. The number of hydrogen-bond donors (Lipinski definition) is 1. The number of hydrogen-bond acceptors (Lipinski definition) is 17. The molecular weight excluding hydrogens is 1000 g/mol. The summed E-state index contributed by atoms with van der Waals surface area (Å²) in [5.41, 5.74) is 7.05. The molecule has 0 bridgehead atoms. The van der Waals surface area contributed by atoms with Gasteiger partial charge in [0.05, 0.1) is 141 Å². The van der Waals surface area contributed by atoms with Crippen LogP contribution in [0.4, 0.5) is 11.4 Å². The topological polar surface area (TPSA) is 217 Å². The predicted octanol–water partition coefficient (Wildman–Crippen LogP) is 6.42. The summed E-state index contributed by atoms with van der Waals surface area (Å²) < 4.78 is 59.7. The number of amides is 3. The monoisotopic (exact) mass is 1070 g/mol. The smallest absolute Gasteiger partial charge is 0.260 e. The van der Waals surface area contributed by atoms with Crippen molar-refractivity contribution >= 4 is 41.5 Å². The molecular formula is C57H68N8O13. The molecule has 4 aliphatic heterocycles. The highest BCUT2D eigenvalue weighted by Crippen LogP contribution is 2.41. The van der Waals surface area contributed by atoms with Crippen molar-refractivity contribution in [3.05, 3.63) is 94.5 Å². The SMILES string of the molecule is C#CCCC(=O)NCCOCCOCCOCCOCCOCCOCCn1cc(-c2cc(COc3cc4c(cc3OC)C(=O)N3C=C(C)C[C@H]3C=N4)cc(COc3cc4c(cc3OC)C(=O)N3C=C(C)C[C@H]3C=N4)c2)nn1. The van der Waals surface area contributed by atoms with E-state index in [1.54, 1.807) is 51.2 Å². The summed E-state index contributed by atoms with van der Waals surface area (Å²) in [5.74, 6) is 3.70. The van der Waals surface area contributed by atoms with Crippen LogP contribution in [0.15, 0.2) is 82.2 Å². The van der Waals surface area contributed by atoms with Gasteiger partial charge in [-0.2, -0.15) is 0 Å². The van der Waals surface area contributed by atoms with Crippen LogP contribution in [-0.4, -0.2) is 167 Å². The van der Waals surface area contributed by atoms with Gasteiger partial charge in [0.25, 0.3) is 11.8 Å². The first kappa shape index (κ1) is 56.7. The van der Waals surface area contributed by atoms with Crippen molar-refractivity contribution in [1.82, 2.24) is 30.1 Å². The van der Waals surface area contributed by atoms with Crippen molar-refractivity contribution < 1.29 is 61.8 Å². The van der Waals surface area contributed by atoms with Gasteiger partial charge in [0.2, 0.25) is 5.91 Å². The molecule has 0 unspecified atom stereocenters. The Bertz CT molecular complexity index is 2760. The Labute approximate surface area is 454 Å². The van der Waals surface area contributed by atoms with Crippen LogP contribution >= 0.6 is 0 Å². The Kier molecular flexibility index (Phi) is 20.9. The van der Waals surface area contributed by atoms with Gasteiger partial charge in [0.15, 0.2) is 23.0 Å². The van der Waals surface area contributed by atoms with E-state index in [2.05, 4.69) is 21.5 Å². The first-order valence-electron chi connectivity index (χ1n) is 26.1. The number of terminal acetylenes is 1. The number of benzene rings is 3. The first-order chi connectivity index (χ1) is 38.1. The highest BCUT2D eigenvalue weighted by Gasteiger charge is 2.33. The summed E-state index contributed by atoms with van der Waals surface area (Å²) in [6.07, 6.45) is 16.6. The number of nitrogens with one attached hydrogen (secondary N) is 1. The third-order valence-electron chi connectivity index (χ3n) is 12.8. The van der Waals surface area contributed by atoms with Crippen LogP contribution in [0.2, 0.25) is 0 Å². The van der Waals surface area contributed by atoms with Crippen LogP contribution in [0, 0.1) is 12.3 Å². The molecule has 0 aliphatic carbocycles. The van der Waals surface area contributed by atoms with Gasteiger partial charge in [-0.3, -0.25) is 24.4 Å². The lowest BCUT2D eigenvalue weighted by atomic mass is 10.0. The average molecular weight is 1070 g/mol. The number of rotatable bonds is 32. The van der Waals surface area contributed by atoms with Crippen molar-refractivity contribution in [3.63, 3.8) is 0 Å². The third-order valence-corrected chi connectivity index (χ3v) is 12.8. The molecule has 4 aliphatic rings. The van der Waals surface area contributed by atoms with Crippen molar-refractivity contribution in [3.8, 4) is 46.6 Å². The molecule has 2 atom stereocenters. The van der Waals surface area contributed by atoms with E-state index in [9.17, 15) is 14.4 Å². The lowest BCUT2D eigenvalue weighted by Crippen LogP contribution is -2.32. The van der Waals surface area contributed by atoms with E-state index in [-0.39, 0.29) is 43.0 Å². The van der Waals surface area contributed by atoms with E-state index < -0.39 is 0 Å². The van der Waals surface area contributed by atoms with Crippen LogP contribution in [-0.2, 0) is 53.0 Å². The van der Waals surface area contributed by atoms with E-state index in [4.69, 9.17) is 63.8 Å². The fourth-order valence-corrected chi connectivity index (χ4v) is 8.94. The Morgan fingerprint density at radius 3 is 1.59 bits per heavy atom. The normalized spacial score (nSPS) is 16.1. The lowest BCUT2D eigenvalue weighted by Gasteiger charge is -2.19. The molecule has 21 nitrogen and oxygen atoms in total. The average Bonchev–Trinajstić information content (AvgIpc) is 4.16. The summed E-state index contributed by atoms with van der Waals surface area (Å²) in [5, 5.41) is 11.6. The molecule has 3 amide bonds. The molecule has 1 N–H and O–H groups in total. The zero-order chi connectivity index (χ0) is 54.6. The van der Waals surface area contributed by atoms with Gasteiger partial charge in [0, 0.05) is 61.9 Å². The van der Waals surface area contributed by atoms with Gasteiger partial charge in [0.1, 0.15) is 18.9 Å². The number of carbonyl (C=O) groups is 3. The fourth-order valence-electron chi connectivity index (χ4n) is 8.94. The molecule has 0 fully saturated rings. The molecule has 8 rings (SSSR count). The summed E-state index contributed by atoms with van der Waals surface area (Å²) in [4.78, 5) is 51.6. The minimum atomic E-state index is -0.150. The van der Waals surface area contributed by atoms with Gasteiger partial charge in [-0.1, -0.05) is 16.4 Å². The minimum absolute atomic E-state index is 0.0793. The summed E-state index contributed by atoms with van der Waals surface area (Å²) in [6, 6.07) is 12.5. The number of aliphatic imine (C=N–C) groups is 2. The van der Waals surface area contributed by atoms with Gasteiger partial charge in [-0.15, -0.1) is 17.4 Å². The van der Waals surface area contributed by atoms with E-state index >= 15 is 0 Å². The zero-order valence-electron chi connectivity index (χ0n) is 44.7. The van der Waals surface area contributed by atoms with Crippen LogP contribution in [0.25, 0.3) is 11.3 Å². The maximum absolute atomic E-state index is 13.6. The molecule has 21 heteroatoms. The fraction of sp³-hybridized carbons (Fsp3) is 0.456. The minimum Gasteiger partial charge on any atom is -0.493 e. The molecule has 78 heavy (non-hydrogen) atoms. The second-order valence-corrected chi connectivity index (χ2v) is 18.7. The van der Waals surface area contributed by atoms with Crippen LogP contribution < -0.4 is 24.3 Å². The summed E-state index contributed by atoms with van der Waals surface area (Å²) in [7, 11) is 3.08. The Hall–Kier alpha value is -7.45. The van der Waals surface area contributed by atoms with Crippen molar-refractivity contribution in [2.75, 3.05) is 100 Å². The van der Waals surface area contributed by atoms with Crippen molar-refractivity contribution in [2.45, 2.75) is 71.4 Å². The van der Waals surface area contributed by atoms with E-state index in [1.807, 2.05) is 50.6 Å². The number of methoxy groups -OCH3 is 2. The number of ether oxygens (including phenoxy) is 10. The van der Waals surface area contributed by atoms with E-state index in [0.717, 1.165) is 40.7 Å².